The number of guanidine groups is 1. The van der Waals surface area contributed by atoms with Gasteiger partial charge in [0.1, 0.15) is 5.75 Å². The first kappa shape index (κ1) is 25.3. The lowest BCUT2D eigenvalue weighted by atomic mass is 10.0. The monoisotopic (exact) mass is 500 g/mol. The van der Waals surface area contributed by atoms with Crippen molar-refractivity contribution in [3.8, 4) is 11.9 Å². The molecule has 1 aliphatic heterocycles. The molecule has 2 aromatic carbocycles. The molecule has 0 aliphatic carbocycles. The number of carbonyl (C=O) groups excluding carboxylic acids is 1. The molecular weight excluding hydrogens is 475 g/mol. The zero-order valence-corrected chi connectivity index (χ0v) is 20.3. The summed E-state index contributed by atoms with van der Waals surface area (Å²) in [7, 11) is 1.62. The predicted octanol–water partition coefficient (Wildman–Crippen LogP) is 3.62. The summed E-state index contributed by atoms with van der Waals surface area (Å²) in [5.41, 5.74) is 1.85. The molecule has 1 unspecified atom stereocenters. The number of nitriles is 1. The molecule has 0 radical (unpaired) electrons. The van der Waals surface area contributed by atoms with E-state index in [9.17, 15) is 4.79 Å². The fourth-order valence-corrected chi connectivity index (χ4v) is 4.02. The fraction of sp³-hybridized carbons (Fsp3) is 0.333. The zero-order valence-electron chi connectivity index (χ0n) is 18.8. The number of rotatable bonds is 9. The molecular formula is C24H26Cl2N6O2. The summed E-state index contributed by atoms with van der Waals surface area (Å²) < 4.78 is 5.25. The SMILES string of the molecule is COc1cccc(CCNC(=NCC(C(=N)c2ccc(Cl)c(Cl)c2)N2CCCC2=O)NC#N)c1. The summed E-state index contributed by atoms with van der Waals surface area (Å²) in [6.45, 7) is 1.19. The van der Waals surface area contributed by atoms with Crippen molar-refractivity contribution in [2.24, 2.45) is 4.99 Å². The second-order valence-corrected chi connectivity index (χ2v) is 8.52. The molecule has 10 heteroatoms. The van der Waals surface area contributed by atoms with E-state index in [1.807, 2.05) is 30.5 Å². The number of nitrogens with zero attached hydrogens (tertiary/aromatic N) is 3. The molecule has 2 aromatic rings. The topological polar surface area (TPSA) is 114 Å². The lowest BCUT2D eigenvalue weighted by molar-refractivity contribution is -0.128. The van der Waals surface area contributed by atoms with Gasteiger partial charge in [-0.1, -0.05) is 41.4 Å². The van der Waals surface area contributed by atoms with Crippen LogP contribution in [0.15, 0.2) is 47.5 Å². The second-order valence-electron chi connectivity index (χ2n) is 7.70. The van der Waals surface area contributed by atoms with Crippen LogP contribution in [0.4, 0.5) is 0 Å². The number of amides is 1. The zero-order chi connectivity index (χ0) is 24.5. The summed E-state index contributed by atoms with van der Waals surface area (Å²) in [6.07, 6.45) is 3.75. The van der Waals surface area contributed by atoms with E-state index in [0.717, 1.165) is 17.7 Å². The Kier molecular flexibility index (Phi) is 9.14. The molecule has 1 saturated heterocycles. The maximum absolute atomic E-state index is 12.5. The Morgan fingerprint density at radius 2 is 2.12 bits per heavy atom. The van der Waals surface area contributed by atoms with Crippen molar-refractivity contribution in [1.29, 1.82) is 10.7 Å². The van der Waals surface area contributed by atoms with E-state index in [-0.39, 0.29) is 24.1 Å². The Hall–Kier alpha value is -3.28. The van der Waals surface area contributed by atoms with Gasteiger partial charge in [-0.3, -0.25) is 10.1 Å². The normalized spacial score (nSPS) is 14.5. The number of hydrogen-bond acceptors (Lipinski definition) is 5. The van der Waals surface area contributed by atoms with Crippen LogP contribution in [0.2, 0.25) is 10.0 Å². The quantitative estimate of drug-likeness (QED) is 0.210. The first-order chi connectivity index (χ1) is 16.4. The largest absolute Gasteiger partial charge is 0.497 e. The highest BCUT2D eigenvalue weighted by Gasteiger charge is 2.31. The van der Waals surface area contributed by atoms with Gasteiger partial charge in [-0.15, -0.1) is 0 Å². The third kappa shape index (κ3) is 6.62. The minimum Gasteiger partial charge on any atom is -0.497 e. The van der Waals surface area contributed by atoms with Crippen LogP contribution < -0.4 is 15.4 Å². The Labute approximate surface area is 209 Å². The molecule has 0 bridgehead atoms. The molecule has 178 valence electrons. The van der Waals surface area contributed by atoms with Gasteiger partial charge in [-0.05, 0) is 48.2 Å². The fourth-order valence-electron chi connectivity index (χ4n) is 3.72. The highest BCUT2D eigenvalue weighted by Crippen LogP contribution is 2.25. The van der Waals surface area contributed by atoms with Crippen LogP contribution in [-0.4, -0.2) is 55.3 Å². The van der Waals surface area contributed by atoms with Crippen molar-refractivity contribution in [2.75, 3.05) is 26.7 Å². The van der Waals surface area contributed by atoms with Crippen LogP contribution in [0.3, 0.4) is 0 Å². The number of halogens is 2. The number of hydrogen-bond donors (Lipinski definition) is 3. The van der Waals surface area contributed by atoms with Crippen LogP contribution >= 0.6 is 23.2 Å². The number of ether oxygens (including phenoxy) is 1. The van der Waals surface area contributed by atoms with Crippen molar-refractivity contribution >= 4 is 40.8 Å². The summed E-state index contributed by atoms with van der Waals surface area (Å²) >= 11 is 12.2. The van der Waals surface area contributed by atoms with Gasteiger partial charge in [0, 0.05) is 19.5 Å². The molecule has 1 atom stereocenters. The van der Waals surface area contributed by atoms with Crippen molar-refractivity contribution in [3.05, 3.63) is 63.6 Å². The summed E-state index contributed by atoms with van der Waals surface area (Å²) in [5, 5.41) is 24.3. The molecule has 1 aliphatic rings. The molecule has 3 N–H and O–H groups in total. The molecule has 1 heterocycles. The molecule has 0 aromatic heterocycles. The maximum atomic E-state index is 12.5. The van der Waals surface area contributed by atoms with Crippen molar-refractivity contribution < 1.29 is 9.53 Å². The Morgan fingerprint density at radius 3 is 2.79 bits per heavy atom. The standard InChI is InChI=1S/C24H26Cl2N6O2/c1-34-18-5-2-4-16(12-18)9-10-29-24(31-15-27)30-14-21(32-11-3-6-22(32)33)23(28)17-7-8-19(25)20(26)13-17/h2,4-5,7-8,12-13,21,28H,3,6,9-11,14H2,1H3,(H2,29,30,31). The minimum atomic E-state index is -0.595. The average Bonchev–Trinajstić information content (AvgIpc) is 3.26. The van der Waals surface area contributed by atoms with E-state index < -0.39 is 6.04 Å². The van der Waals surface area contributed by atoms with E-state index in [1.54, 1.807) is 30.2 Å². The molecule has 1 amide bonds. The lowest BCUT2D eigenvalue weighted by Gasteiger charge is -2.27. The highest BCUT2D eigenvalue weighted by atomic mass is 35.5. The van der Waals surface area contributed by atoms with Gasteiger partial charge < -0.3 is 20.4 Å². The molecule has 0 spiro atoms. The molecule has 34 heavy (non-hydrogen) atoms. The van der Waals surface area contributed by atoms with Gasteiger partial charge >= 0.3 is 0 Å². The molecule has 8 nitrogen and oxygen atoms in total. The van der Waals surface area contributed by atoms with Crippen LogP contribution in [0.1, 0.15) is 24.0 Å². The van der Waals surface area contributed by atoms with Gasteiger partial charge in [-0.25, -0.2) is 4.99 Å². The number of likely N-dealkylation sites (tertiary alicyclic amines) is 1. The Balaban J connectivity index is 1.73. The van der Waals surface area contributed by atoms with Crippen LogP contribution in [-0.2, 0) is 11.2 Å². The van der Waals surface area contributed by atoms with Crippen molar-refractivity contribution in [1.82, 2.24) is 15.5 Å². The molecule has 3 rings (SSSR count). The van der Waals surface area contributed by atoms with E-state index >= 15 is 0 Å². The minimum absolute atomic E-state index is 0.0224. The number of aliphatic imine (C=N–C) groups is 1. The first-order valence-corrected chi connectivity index (χ1v) is 11.6. The van der Waals surface area contributed by atoms with E-state index in [2.05, 4.69) is 15.6 Å². The third-order valence-electron chi connectivity index (χ3n) is 5.49. The summed E-state index contributed by atoms with van der Waals surface area (Å²) in [4.78, 5) is 18.6. The maximum Gasteiger partial charge on any atom is 0.223 e. The predicted molar refractivity (Wildman–Crippen MR) is 134 cm³/mol. The Morgan fingerprint density at radius 1 is 1.29 bits per heavy atom. The van der Waals surface area contributed by atoms with Gasteiger partial charge in [-0.2, -0.15) is 5.26 Å². The molecule has 0 saturated carbocycles. The second kappa shape index (κ2) is 12.3. The van der Waals surface area contributed by atoms with Gasteiger partial charge in [0.05, 0.1) is 35.5 Å². The van der Waals surface area contributed by atoms with Crippen LogP contribution in [0.5, 0.6) is 5.75 Å². The highest BCUT2D eigenvalue weighted by molar-refractivity contribution is 6.42. The van der Waals surface area contributed by atoms with Crippen LogP contribution in [0, 0.1) is 16.9 Å². The number of nitrogens with one attached hydrogen (secondary N) is 3. The third-order valence-corrected chi connectivity index (χ3v) is 6.23. The number of methoxy groups -OCH3 is 1. The van der Waals surface area contributed by atoms with E-state index in [0.29, 0.717) is 41.5 Å². The first-order valence-electron chi connectivity index (χ1n) is 10.8. The smallest absolute Gasteiger partial charge is 0.223 e. The van der Waals surface area contributed by atoms with Gasteiger partial charge in [0.2, 0.25) is 11.9 Å². The lowest BCUT2D eigenvalue weighted by Crippen LogP contribution is -2.45. The van der Waals surface area contributed by atoms with Crippen molar-refractivity contribution in [3.63, 3.8) is 0 Å². The number of carbonyl (C=O) groups is 1. The summed E-state index contributed by atoms with van der Waals surface area (Å²) in [6, 6.07) is 12.1. The van der Waals surface area contributed by atoms with Crippen LogP contribution in [0.25, 0.3) is 0 Å². The van der Waals surface area contributed by atoms with Crippen molar-refractivity contribution in [2.45, 2.75) is 25.3 Å². The Bertz CT molecular complexity index is 1110. The van der Waals surface area contributed by atoms with Gasteiger partial charge in [0.15, 0.2) is 6.19 Å². The number of benzene rings is 2. The van der Waals surface area contributed by atoms with Gasteiger partial charge in [0.25, 0.3) is 0 Å². The average molecular weight is 501 g/mol. The van der Waals surface area contributed by atoms with E-state index in [1.165, 1.54) is 0 Å². The summed E-state index contributed by atoms with van der Waals surface area (Å²) in [5.74, 6) is 1.04. The van der Waals surface area contributed by atoms with E-state index in [4.69, 9.17) is 38.6 Å². The molecule has 1 fully saturated rings.